The average Bonchev–Trinajstić information content (AvgIpc) is 2.77. The van der Waals surface area contributed by atoms with Crippen molar-refractivity contribution in [1.82, 2.24) is 14.9 Å². The average molecular weight is 465 g/mol. The number of halogens is 4. The van der Waals surface area contributed by atoms with E-state index in [0.717, 1.165) is 30.2 Å². The van der Waals surface area contributed by atoms with Crippen LogP contribution in [0.4, 0.5) is 22.4 Å². The Kier molecular flexibility index (Phi) is 8.01. The van der Waals surface area contributed by atoms with Crippen molar-refractivity contribution in [2.24, 2.45) is 0 Å². The number of carbonyl (C=O) groups is 1. The lowest BCUT2D eigenvalue weighted by molar-refractivity contribution is 0.0253. The monoisotopic (exact) mass is 465 g/mol. The van der Waals surface area contributed by atoms with Crippen molar-refractivity contribution in [2.45, 2.75) is 19.1 Å². The van der Waals surface area contributed by atoms with E-state index in [1.807, 2.05) is 30.3 Å². The number of rotatable bonds is 5. The van der Waals surface area contributed by atoms with Gasteiger partial charge in [-0.15, -0.1) is 0 Å². The number of likely N-dealkylation sites (tertiary alicyclic amines) is 1. The first kappa shape index (κ1) is 23.8. The predicted molar refractivity (Wildman–Crippen MR) is 107 cm³/mol. The lowest BCUT2D eigenvalue weighted by atomic mass is 10.1. The van der Waals surface area contributed by atoms with Crippen molar-refractivity contribution in [3.8, 4) is 11.5 Å². The third-order valence-electron chi connectivity index (χ3n) is 4.59. The summed E-state index contributed by atoms with van der Waals surface area (Å²) in [6.07, 6.45) is 0.299. The molecule has 1 aromatic carbocycles. The van der Waals surface area contributed by atoms with Crippen LogP contribution in [0.1, 0.15) is 12.0 Å². The van der Waals surface area contributed by atoms with Crippen LogP contribution < -0.4 is 4.74 Å². The number of ether oxygens (including phenoxy) is 2. The van der Waals surface area contributed by atoms with Crippen LogP contribution in [0.3, 0.4) is 0 Å². The van der Waals surface area contributed by atoms with Gasteiger partial charge in [-0.3, -0.25) is 0 Å². The molecule has 1 aliphatic rings. The largest absolute Gasteiger partial charge is 0.504 e. The fourth-order valence-corrected chi connectivity index (χ4v) is 2.75. The molecule has 0 unspecified atom stereocenters. The summed E-state index contributed by atoms with van der Waals surface area (Å²) in [5.74, 6) is -4.82. The van der Waals surface area contributed by atoms with Gasteiger partial charge in [0.15, 0.2) is 11.5 Å². The summed E-state index contributed by atoms with van der Waals surface area (Å²) < 4.78 is 60.5. The summed E-state index contributed by atoms with van der Waals surface area (Å²) in [7, 11) is 0. The van der Waals surface area contributed by atoms with E-state index in [1.165, 1.54) is 11.0 Å². The third kappa shape index (κ3) is 6.79. The van der Waals surface area contributed by atoms with Crippen molar-refractivity contribution >= 4 is 6.09 Å². The first-order chi connectivity index (χ1) is 15.8. The second-order valence-corrected chi connectivity index (χ2v) is 6.85. The first-order valence-electron chi connectivity index (χ1n) is 9.76. The highest BCUT2D eigenvalue weighted by atomic mass is 19.1. The smallest absolute Gasteiger partial charge is 0.410 e. The molecule has 11 heteroatoms. The minimum atomic E-state index is -1.19. The summed E-state index contributed by atoms with van der Waals surface area (Å²) in [4.78, 5) is 19.3. The molecule has 2 aromatic heterocycles. The summed E-state index contributed by atoms with van der Waals surface area (Å²) >= 11 is 0. The molecular formula is C22H19F4N3O4. The minimum Gasteiger partial charge on any atom is -0.504 e. The highest BCUT2D eigenvalue weighted by Crippen LogP contribution is 2.22. The van der Waals surface area contributed by atoms with E-state index in [4.69, 9.17) is 14.6 Å². The SMILES string of the molecule is O=C(OCc1ccccc1)N1CC[C@H]1COc1ccc(F)nc1F.Oc1ccc(F)nc1F. The topological polar surface area (TPSA) is 84.8 Å². The normalized spacial score (nSPS) is 14.5. The Labute approximate surface area is 186 Å². The quantitative estimate of drug-likeness (QED) is 0.449. The van der Waals surface area contributed by atoms with Crippen LogP contribution in [0.15, 0.2) is 54.6 Å². The fourth-order valence-electron chi connectivity index (χ4n) is 2.75. The summed E-state index contributed by atoms with van der Waals surface area (Å²) in [5, 5.41) is 8.44. The van der Waals surface area contributed by atoms with Crippen LogP contribution in [0.25, 0.3) is 0 Å². The standard InChI is InChI=1S/C17H16F2N2O3.C5H3F2NO/c18-15-7-6-14(16(19)20-15)23-11-13-8-9-21(13)17(22)24-10-12-4-2-1-3-5-12;6-4-2-1-3(9)5(7)8-4/h1-7,13H,8-11H2;1-2,9H/t13-;/m0./s1. The van der Waals surface area contributed by atoms with E-state index in [0.29, 0.717) is 6.54 Å². The second kappa shape index (κ2) is 11.1. The number of pyridine rings is 2. The number of amides is 1. The van der Waals surface area contributed by atoms with Crippen molar-refractivity contribution in [3.05, 3.63) is 84.0 Å². The molecule has 1 N–H and O–H groups in total. The molecule has 0 bridgehead atoms. The van der Waals surface area contributed by atoms with Gasteiger partial charge in [0.2, 0.25) is 11.9 Å². The molecule has 4 rings (SSSR count). The number of nitrogens with zero attached hydrogens (tertiary/aromatic N) is 3. The van der Waals surface area contributed by atoms with Gasteiger partial charge in [-0.2, -0.15) is 27.5 Å². The molecule has 1 fully saturated rings. The van der Waals surface area contributed by atoms with Gasteiger partial charge in [-0.25, -0.2) is 4.79 Å². The second-order valence-electron chi connectivity index (χ2n) is 6.85. The summed E-state index contributed by atoms with van der Waals surface area (Å²) in [6, 6.07) is 13.1. The first-order valence-corrected chi connectivity index (χ1v) is 9.76. The number of hydrogen-bond donors (Lipinski definition) is 1. The van der Waals surface area contributed by atoms with Crippen LogP contribution in [-0.4, -0.2) is 45.3 Å². The Balaban J connectivity index is 0.000000286. The molecule has 1 aliphatic heterocycles. The molecule has 1 saturated heterocycles. The van der Waals surface area contributed by atoms with Crippen LogP contribution in [-0.2, 0) is 11.3 Å². The molecule has 0 spiro atoms. The lowest BCUT2D eigenvalue weighted by Crippen LogP contribution is -2.54. The summed E-state index contributed by atoms with van der Waals surface area (Å²) in [6.45, 7) is 0.858. The van der Waals surface area contributed by atoms with Gasteiger partial charge in [0.1, 0.15) is 13.2 Å². The van der Waals surface area contributed by atoms with Gasteiger partial charge >= 0.3 is 6.09 Å². The Morgan fingerprint density at radius 2 is 1.64 bits per heavy atom. The Hall–Kier alpha value is -3.89. The molecule has 0 radical (unpaired) electrons. The van der Waals surface area contributed by atoms with E-state index in [1.54, 1.807) is 0 Å². The molecule has 1 amide bonds. The molecular weight excluding hydrogens is 446 g/mol. The fraction of sp³-hybridized carbons (Fsp3) is 0.227. The molecule has 0 saturated carbocycles. The maximum atomic E-state index is 13.4. The molecule has 7 nitrogen and oxygen atoms in total. The zero-order chi connectivity index (χ0) is 23.8. The van der Waals surface area contributed by atoms with E-state index >= 15 is 0 Å². The van der Waals surface area contributed by atoms with E-state index in [-0.39, 0.29) is 25.0 Å². The van der Waals surface area contributed by atoms with E-state index in [9.17, 15) is 22.4 Å². The minimum absolute atomic E-state index is 0.102. The van der Waals surface area contributed by atoms with Gasteiger partial charge in [0.05, 0.1) is 6.04 Å². The highest BCUT2D eigenvalue weighted by molar-refractivity contribution is 5.69. The summed E-state index contributed by atoms with van der Waals surface area (Å²) in [5.41, 5.74) is 0.902. The maximum Gasteiger partial charge on any atom is 0.410 e. The van der Waals surface area contributed by atoms with Crippen molar-refractivity contribution in [3.63, 3.8) is 0 Å². The van der Waals surface area contributed by atoms with Gasteiger partial charge in [0.25, 0.3) is 11.9 Å². The number of hydrogen-bond acceptors (Lipinski definition) is 6. The van der Waals surface area contributed by atoms with Crippen LogP contribution in [0, 0.1) is 23.8 Å². The number of carbonyl (C=O) groups excluding carboxylic acids is 1. The van der Waals surface area contributed by atoms with Gasteiger partial charge in [-0.05, 0) is 36.2 Å². The Bertz CT molecular complexity index is 1090. The molecule has 3 heterocycles. The van der Waals surface area contributed by atoms with Crippen molar-refractivity contribution in [2.75, 3.05) is 13.2 Å². The van der Waals surface area contributed by atoms with Gasteiger partial charge in [0, 0.05) is 6.54 Å². The highest BCUT2D eigenvalue weighted by Gasteiger charge is 2.34. The number of aromatic nitrogens is 2. The number of benzene rings is 1. The van der Waals surface area contributed by atoms with E-state index < -0.39 is 35.6 Å². The molecule has 33 heavy (non-hydrogen) atoms. The third-order valence-corrected chi connectivity index (χ3v) is 4.59. The van der Waals surface area contributed by atoms with Crippen LogP contribution in [0.2, 0.25) is 0 Å². The van der Waals surface area contributed by atoms with E-state index in [2.05, 4.69) is 9.97 Å². The van der Waals surface area contributed by atoms with Crippen LogP contribution in [0.5, 0.6) is 11.5 Å². The molecule has 3 aromatic rings. The van der Waals surface area contributed by atoms with Crippen molar-refractivity contribution < 1.29 is 36.9 Å². The maximum absolute atomic E-state index is 13.4. The van der Waals surface area contributed by atoms with Crippen molar-refractivity contribution in [1.29, 1.82) is 0 Å². The number of aromatic hydroxyl groups is 1. The molecule has 1 atom stereocenters. The van der Waals surface area contributed by atoms with Crippen LogP contribution >= 0.6 is 0 Å². The zero-order valence-corrected chi connectivity index (χ0v) is 17.1. The Morgan fingerprint density at radius 1 is 0.970 bits per heavy atom. The Morgan fingerprint density at radius 3 is 2.21 bits per heavy atom. The van der Waals surface area contributed by atoms with Gasteiger partial charge in [-0.1, -0.05) is 30.3 Å². The zero-order valence-electron chi connectivity index (χ0n) is 17.1. The lowest BCUT2D eigenvalue weighted by Gasteiger charge is -2.39. The molecule has 174 valence electrons. The predicted octanol–water partition coefficient (Wildman–Crippen LogP) is 4.22. The molecule has 0 aliphatic carbocycles. The van der Waals surface area contributed by atoms with Gasteiger partial charge < -0.3 is 19.5 Å².